The van der Waals surface area contributed by atoms with Gasteiger partial charge in [-0.2, -0.15) is 0 Å². The van der Waals surface area contributed by atoms with Gasteiger partial charge < -0.3 is 10.2 Å². The summed E-state index contributed by atoms with van der Waals surface area (Å²) in [6, 6.07) is 0. The van der Waals surface area contributed by atoms with E-state index in [1.807, 2.05) is 12.2 Å². The molecular weight excluding hydrogens is 228 g/mol. The Bertz CT molecular complexity index is 353. The molecule has 1 unspecified atom stereocenters. The van der Waals surface area contributed by atoms with E-state index in [2.05, 4.69) is 6.58 Å². The van der Waals surface area contributed by atoms with Crippen LogP contribution in [0.2, 0.25) is 0 Å². The molecule has 0 spiro atoms. The van der Waals surface area contributed by atoms with Gasteiger partial charge in [0.2, 0.25) is 0 Å². The number of hydrogen-bond acceptors (Lipinski definition) is 3. The van der Waals surface area contributed by atoms with Crippen LogP contribution in [0.5, 0.6) is 0 Å². The Labute approximate surface area is 108 Å². The lowest BCUT2D eigenvalue weighted by molar-refractivity contribution is -0.115. The zero-order valence-corrected chi connectivity index (χ0v) is 10.7. The van der Waals surface area contributed by atoms with Crippen LogP contribution in [0.3, 0.4) is 0 Å². The zero-order chi connectivity index (χ0) is 13.1. The molecule has 0 aromatic rings. The maximum Gasteiger partial charge on any atom is 0.161 e. The Hall–Kier alpha value is -0.930. The van der Waals surface area contributed by atoms with E-state index in [0.29, 0.717) is 17.9 Å². The molecule has 0 bridgehead atoms. The lowest BCUT2D eigenvalue weighted by atomic mass is 9.96. The molecule has 3 atom stereocenters. The van der Waals surface area contributed by atoms with E-state index in [1.54, 1.807) is 0 Å². The van der Waals surface area contributed by atoms with Gasteiger partial charge in [0.25, 0.3) is 0 Å². The first-order chi connectivity index (χ1) is 8.59. The van der Waals surface area contributed by atoms with E-state index in [9.17, 15) is 15.0 Å². The molecule has 0 aromatic carbocycles. The molecule has 2 fully saturated rings. The number of hydrogen-bond donors (Lipinski definition) is 2. The summed E-state index contributed by atoms with van der Waals surface area (Å²) in [5, 5.41) is 19.7. The smallest absolute Gasteiger partial charge is 0.161 e. The number of ketones is 1. The Kier molecular flexibility index (Phi) is 4.36. The highest BCUT2D eigenvalue weighted by molar-refractivity contribution is 5.98. The van der Waals surface area contributed by atoms with Crippen LogP contribution in [-0.2, 0) is 4.79 Å². The third-order valence-electron chi connectivity index (χ3n) is 4.23. The average molecular weight is 250 g/mol. The number of carbonyl (C=O) groups is 1. The number of aliphatic hydroxyl groups is 2. The van der Waals surface area contributed by atoms with Crippen molar-refractivity contribution in [2.75, 3.05) is 0 Å². The molecule has 18 heavy (non-hydrogen) atoms. The van der Waals surface area contributed by atoms with Gasteiger partial charge in [-0.05, 0) is 30.8 Å². The van der Waals surface area contributed by atoms with E-state index in [-0.39, 0.29) is 24.2 Å². The Morgan fingerprint density at radius 1 is 1.39 bits per heavy atom. The summed E-state index contributed by atoms with van der Waals surface area (Å²) in [5.41, 5.74) is 0.495. The third-order valence-corrected chi connectivity index (χ3v) is 4.23. The van der Waals surface area contributed by atoms with Crippen LogP contribution < -0.4 is 0 Å². The monoisotopic (exact) mass is 250 g/mol. The van der Waals surface area contributed by atoms with Gasteiger partial charge in [0.1, 0.15) is 0 Å². The van der Waals surface area contributed by atoms with Crippen LogP contribution in [0.1, 0.15) is 38.5 Å². The SMILES string of the molecule is C=C1C(=O)C[C@@H](O)[C@@H]1/C=C/CC(O)C1CCCC1. The van der Waals surface area contributed by atoms with Crippen LogP contribution in [-0.4, -0.2) is 28.2 Å². The molecule has 3 nitrogen and oxygen atoms in total. The zero-order valence-electron chi connectivity index (χ0n) is 10.7. The lowest BCUT2D eigenvalue weighted by Crippen LogP contribution is -2.17. The van der Waals surface area contributed by atoms with Gasteiger partial charge in [0, 0.05) is 12.3 Å². The van der Waals surface area contributed by atoms with Crippen molar-refractivity contribution in [3.8, 4) is 0 Å². The van der Waals surface area contributed by atoms with E-state index in [1.165, 1.54) is 12.8 Å². The number of carbonyl (C=O) groups excluding carboxylic acids is 1. The molecule has 0 heterocycles. The summed E-state index contributed by atoms with van der Waals surface area (Å²) < 4.78 is 0. The van der Waals surface area contributed by atoms with Crippen LogP contribution in [0.4, 0.5) is 0 Å². The van der Waals surface area contributed by atoms with E-state index in [4.69, 9.17) is 0 Å². The Morgan fingerprint density at radius 3 is 2.61 bits per heavy atom. The largest absolute Gasteiger partial charge is 0.393 e. The standard InChI is InChI=1S/C15H22O3/c1-10-12(15(18)9-14(10)17)7-4-8-13(16)11-5-2-3-6-11/h4,7,11-13,15-16,18H,1-3,5-6,8-9H2/b7-4+/t12-,13?,15-/m1/s1. The van der Waals surface area contributed by atoms with Crippen molar-refractivity contribution >= 4 is 5.78 Å². The van der Waals surface area contributed by atoms with Gasteiger partial charge in [0.05, 0.1) is 12.2 Å². The third kappa shape index (κ3) is 2.90. The molecule has 0 aliphatic heterocycles. The Morgan fingerprint density at radius 2 is 2.06 bits per heavy atom. The highest BCUT2D eigenvalue weighted by Gasteiger charge is 2.33. The van der Waals surface area contributed by atoms with Gasteiger partial charge in [-0.3, -0.25) is 4.79 Å². The van der Waals surface area contributed by atoms with Crippen LogP contribution in [0.15, 0.2) is 24.3 Å². The van der Waals surface area contributed by atoms with Crippen molar-refractivity contribution in [1.29, 1.82) is 0 Å². The Balaban J connectivity index is 1.83. The van der Waals surface area contributed by atoms with Crippen LogP contribution in [0.25, 0.3) is 0 Å². The van der Waals surface area contributed by atoms with E-state index < -0.39 is 6.10 Å². The first kappa shape index (κ1) is 13.5. The number of rotatable bonds is 4. The highest BCUT2D eigenvalue weighted by atomic mass is 16.3. The number of Topliss-reactive ketones (excluding diaryl/α,β-unsaturated/α-hetero) is 1. The molecule has 2 aliphatic carbocycles. The van der Waals surface area contributed by atoms with Gasteiger partial charge in [-0.15, -0.1) is 0 Å². The molecule has 0 aromatic heterocycles. The van der Waals surface area contributed by atoms with Crippen molar-refractivity contribution in [2.45, 2.75) is 50.7 Å². The van der Waals surface area contributed by atoms with Crippen molar-refractivity contribution in [3.05, 3.63) is 24.3 Å². The molecule has 2 N–H and O–H groups in total. The second-order valence-electron chi connectivity index (χ2n) is 5.52. The summed E-state index contributed by atoms with van der Waals surface area (Å²) in [4.78, 5) is 11.4. The topological polar surface area (TPSA) is 57.5 Å². The van der Waals surface area contributed by atoms with Gasteiger partial charge >= 0.3 is 0 Å². The van der Waals surface area contributed by atoms with Crippen molar-refractivity contribution in [1.82, 2.24) is 0 Å². The van der Waals surface area contributed by atoms with Crippen LogP contribution >= 0.6 is 0 Å². The predicted molar refractivity (Wildman–Crippen MR) is 70.0 cm³/mol. The minimum absolute atomic E-state index is 0.0477. The minimum Gasteiger partial charge on any atom is -0.393 e. The lowest BCUT2D eigenvalue weighted by Gasteiger charge is -2.16. The van der Waals surface area contributed by atoms with E-state index in [0.717, 1.165) is 12.8 Å². The first-order valence-electron chi connectivity index (χ1n) is 6.84. The molecule has 2 rings (SSSR count). The predicted octanol–water partition coefficient (Wildman–Crippen LogP) is 1.99. The van der Waals surface area contributed by atoms with Crippen LogP contribution in [0, 0.1) is 11.8 Å². The molecule has 3 heteroatoms. The van der Waals surface area contributed by atoms with Gasteiger partial charge in [-0.25, -0.2) is 0 Å². The van der Waals surface area contributed by atoms with Crippen molar-refractivity contribution in [3.63, 3.8) is 0 Å². The molecule has 0 amide bonds. The van der Waals surface area contributed by atoms with E-state index >= 15 is 0 Å². The maximum absolute atomic E-state index is 11.4. The molecular formula is C15H22O3. The van der Waals surface area contributed by atoms with Crippen molar-refractivity contribution in [2.24, 2.45) is 11.8 Å². The van der Waals surface area contributed by atoms with Gasteiger partial charge in [-0.1, -0.05) is 31.6 Å². The first-order valence-corrected chi connectivity index (χ1v) is 6.84. The molecule has 0 saturated heterocycles. The highest BCUT2D eigenvalue weighted by Crippen LogP contribution is 2.31. The number of aliphatic hydroxyl groups excluding tert-OH is 2. The maximum atomic E-state index is 11.4. The van der Waals surface area contributed by atoms with Crippen molar-refractivity contribution < 1.29 is 15.0 Å². The molecule has 100 valence electrons. The summed E-state index contributed by atoms with van der Waals surface area (Å²) in [7, 11) is 0. The second kappa shape index (κ2) is 5.81. The van der Waals surface area contributed by atoms with Gasteiger partial charge in [0.15, 0.2) is 5.78 Å². The second-order valence-corrected chi connectivity index (χ2v) is 5.52. The fraction of sp³-hybridized carbons (Fsp3) is 0.667. The summed E-state index contributed by atoms with van der Waals surface area (Å²) >= 11 is 0. The normalized spacial score (nSPS) is 31.7. The molecule has 2 saturated carbocycles. The fourth-order valence-corrected chi connectivity index (χ4v) is 3.01. The molecule has 0 radical (unpaired) electrons. The average Bonchev–Trinajstić information content (AvgIpc) is 2.93. The summed E-state index contributed by atoms with van der Waals surface area (Å²) in [6.07, 6.45) is 8.26. The quantitative estimate of drug-likeness (QED) is 0.592. The minimum atomic E-state index is -0.634. The summed E-state index contributed by atoms with van der Waals surface area (Å²) in [5.74, 6) is 0.120. The summed E-state index contributed by atoms with van der Waals surface area (Å²) in [6.45, 7) is 3.72. The molecule has 2 aliphatic rings. The fourth-order valence-electron chi connectivity index (χ4n) is 3.01.